The normalized spacial score (nSPS) is 12.0. The van der Waals surface area contributed by atoms with Gasteiger partial charge in [0.1, 0.15) is 5.52 Å². The summed E-state index contributed by atoms with van der Waals surface area (Å²) in [5.41, 5.74) is 2.44. The molecule has 0 aliphatic carbocycles. The zero-order valence-electron chi connectivity index (χ0n) is 10.3. The lowest BCUT2D eigenvalue weighted by atomic mass is 9.85. The summed E-state index contributed by atoms with van der Waals surface area (Å²) in [5.74, 6) is 0. The van der Waals surface area contributed by atoms with Crippen molar-refractivity contribution in [1.82, 2.24) is 4.98 Å². The Morgan fingerprint density at radius 2 is 2.06 bits per heavy atom. The maximum atomic E-state index is 11.0. The topological polar surface area (TPSA) is 69.2 Å². The molecule has 0 N–H and O–H groups in total. The summed E-state index contributed by atoms with van der Waals surface area (Å²) in [5, 5.41) is 11.0. The predicted molar refractivity (Wildman–Crippen MR) is 64.1 cm³/mol. The number of fused-ring (bicyclic) bond motifs is 1. The highest BCUT2D eigenvalue weighted by atomic mass is 16.6. The first-order chi connectivity index (χ1) is 7.82. The van der Waals surface area contributed by atoms with Crippen LogP contribution in [0.5, 0.6) is 0 Å². The van der Waals surface area contributed by atoms with Gasteiger partial charge in [-0.1, -0.05) is 20.8 Å². The van der Waals surface area contributed by atoms with Crippen molar-refractivity contribution in [3.63, 3.8) is 0 Å². The van der Waals surface area contributed by atoms with Gasteiger partial charge in [-0.05, 0) is 12.3 Å². The smallest absolute Gasteiger partial charge is 0.275 e. The van der Waals surface area contributed by atoms with Crippen LogP contribution in [0.25, 0.3) is 11.1 Å². The number of aromatic nitrogens is 1. The quantitative estimate of drug-likeness (QED) is 0.560. The second-order valence-electron chi connectivity index (χ2n) is 5.11. The van der Waals surface area contributed by atoms with Gasteiger partial charge >= 0.3 is 0 Å². The molecule has 0 bridgehead atoms. The highest BCUT2D eigenvalue weighted by Crippen LogP contribution is 2.36. The van der Waals surface area contributed by atoms with Crippen LogP contribution in [-0.2, 0) is 5.41 Å². The van der Waals surface area contributed by atoms with Crippen molar-refractivity contribution < 1.29 is 9.34 Å². The van der Waals surface area contributed by atoms with Crippen LogP contribution in [0, 0.1) is 17.0 Å². The Balaban J connectivity index is 2.89. The van der Waals surface area contributed by atoms with Gasteiger partial charge in [-0.2, -0.15) is 0 Å². The fourth-order valence-electron chi connectivity index (χ4n) is 1.88. The lowest BCUT2D eigenvalue weighted by molar-refractivity contribution is -0.385. The number of nitro groups is 1. The Morgan fingerprint density at radius 3 is 2.59 bits per heavy atom. The maximum absolute atomic E-state index is 11.0. The third-order valence-electron chi connectivity index (χ3n) is 2.84. The second kappa shape index (κ2) is 3.55. The van der Waals surface area contributed by atoms with Crippen LogP contribution in [-0.4, -0.2) is 9.91 Å². The molecule has 0 aliphatic rings. The van der Waals surface area contributed by atoms with Gasteiger partial charge in [-0.15, -0.1) is 0 Å². The molecule has 5 nitrogen and oxygen atoms in total. The minimum atomic E-state index is -0.376. The van der Waals surface area contributed by atoms with E-state index in [9.17, 15) is 10.1 Å². The van der Waals surface area contributed by atoms with Crippen molar-refractivity contribution in [2.45, 2.75) is 33.1 Å². The number of hydrogen-bond donors (Lipinski definition) is 0. The largest absolute Gasteiger partial charge is 0.443 e. The summed E-state index contributed by atoms with van der Waals surface area (Å²) in [4.78, 5) is 14.7. The van der Waals surface area contributed by atoms with E-state index in [-0.39, 0.29) is 16.0 Å². The van der Waals surface area contributed by atoms with Crippen molar-refractivity contribution in [3.05, 3.63) is 33.7 Å². The highest BCUT2D eigenvalue weighted by molar-refractivity contribution is 5.84. The van der Waals surface area contributed by atoms with E-state index in [1.807, 2.05) is 20.8 Å². The molecule has 0 atom stereocenters. The third kappa shape index (κ3) is 1.77. The van der Waals surface area contributed by atoms with Crippen LogP contribution in [0.1, 0.15) is 31.9 Å². The first-order valence-corrected chi connectivity index (χ1v) is 5.34. The molecule has 17 heavy (non-hydrogen) atoms. The van der Waals surface area contributed by atoms with Gasteiger partial charge in [0, 0.05) is 11.6 Å². The number of aryl methyl sites for hydroxylation is 1. The zero-order valence-corrected chi connectivity index (χ0v) is 10.3. The fourth-order valence-corrected chi connectivity index (χ4v) is 1.88. The lowest BCUT2D eigenvalue weighted by Crippen LogP contribution is -2.12. The molecule has 0 saturated carbocycles. The number of nitrogens with zero attached hydrogens (tertiary/aromatic N) is 2. The van der Waals surface area contributed by atoms with Gasteiger partial charge in [0.2, 0.25) is 0 Å². The van der Waals surface area contributed by atoms with Crippen molar-refractivity contribution >= 4 is 16.8 Å². The SMILES string of the molecule is Cc1c([N+](=O)[O-])cc(C(C)(C)C)c2ocnc12. The van der Waals surface area contributed by atoms with Crippen LogP contribution in [0.2, 0.25) is 0 Å². The van der Waals surface area contributed by atoms with E-state index in [0.29, 0.717) is 16.7 Å². The molecule has 0 fully saturated rings. The standard InChI is InChI=1S/C12H14N2O3/c1-7-9(14(15)16)5-8(12(2,3)4)11-10(7)13-6-17-11/h5-6H,1-4H3. The van der Waals surface area contributed by atoms with Crippen molar-refractivity contribution in [3.8, 4) is 0 Å². The zero-order chi connectivity index (χ0) is 12.8. The van der Waals surface area contributed by atoms with Crippen molar-refractivity contribution in [2.75, 3.05) is 0 Å². The fraction of sp³-hybridized carbons (Fsp3) is 0.417. The van der Waals surface area contributed by atoms with E-state index in [2.05, 4.69) is 4.98 Å². The number of benzene rings is 1. The molecule has 5 heteroatoms. The molecule has 0 amide bonds. The molecule has 1 aromatic heterocycles. The summed E-state index contributed by atoms with van der Waals surface area (Å²) >= 11 is 0. The van der Waals surface area contributed by atoms with E-state index in [1.165, 1.54) is 6.39 Å². The van der Waals surface area contributed by atoms with E-state index >= 15 is 0 Å². The average molecular weight is 234 g/mol. The molecule has 90 valence electrons. The predicted octanol–water partition coefficient (Wildman–Crippen LogP) is 3.34. The Hall–Kier alpha value is -1.91. The average Bonchev–Trinajstić information content (AvgIpc) is 2.64. The molecular weight excluding hydrogens is 220 g/mol. The number of oxazole rings is 1. The minimum Gasteiger partial charge on any atom is -0.443 e. The Morgan fingerprint density at radius 1 is 1.41 bits per heavy atom. The van der Waals surface area contributed by atoms with E-state index in [4.69, 9.17) is 4.42 Å². The monoisotopic (exact) mass is 234 g/mol. The first-order valence-electron chi connectivity index (χ1n) is 5.34. The van der Waals surface area contributed by atoms with E-state index in [1.54, 1.807) is 13.0 Å². The summed E-state index contributed by atoms with van der Waals surface area (Å²) in [6, 6.07) is 1.59. The lowest BCUT2D eigenvalue weighted by Gasteiger charge is -2.19. The molecule has 0 unspecified atom stereocenters. The molecule has 0 saturated heterocycles. The molecule has 0 radical (unpaired) electrons. The molecule has 2 aromatic rings. The molecular formula is C12H14N2O3. The molecule has 2 rings (SSSR count). The summed E-state index contributed by atoms with van der Waals surface area (Å²) in [6.07, 6.45) is 1.33. The molecule has 1 heterocycles. The Kier molecular flexibility index (Phi) is 2.41. The first kappa shape index (κ1) is 11.6. The van der Waals surface area contributed by atoms with Crippen LogP contribution in [0.15, 0.2) is 16.9 Å². The summed E-state index contributed by atoms with van der Waals surface area (Å²) in [7, 11) is 0. The van der Waals surface area contributed by atoms with Gasteiger partial charge in [0.25, 0.3) is 5.69 Å². The van der Waals surface area contributed by atoms with Crippen molar-refractivity contribution in [2.24, 2.45) is 0 Å². The summed E-state index contributed by atoms with van der Waals surface area (Å²) < 4.78 is 5.36. The third-order valence-corrected chi connectivity index (χ3v) is 2.84. The van der Waals surface area contributed by atoms with Gasteiger partial charge in [-0.3, -0.25) is 10.1 Å². The van der Waals surface area contributed by atoms with Crippen LogP contribution in [0.3, 0.4) is 0 Å². The van der Waals surface area contributed by atoms with Gasteiger partial charge in [-0.25, -0.2) is 4.98 Å². The molecule has 0 spiro atoms. The molecule has 0 aliphatic heterocycles. The number of rotatable bonds is 1. The number of hydrogen-bond acceptors (Lipinski definition) is 4. The minimum absolute atomic E-state index is 0.0938. The van der Waals surface area contributed by atoms with E-state index in [0.717, 1.165) is 5.56 Å². The second-order valence-corrected chi connectivity index (χ2v) is 5.11. The maximum Gasteiger partial charge on any atom is 0.275 e. The van der Waals surface area contributed by atoms with Crippen LogP contribution < -0.4 is 0 Å². The molecule has 1 aromatic carbocycles. The van der Waals surface area contributed by atoms with E-state index < -0.39 is 0 Å². The number of nitro benzene ring substituents is 1. The Labute approximate surface area is 98.6 Å². The van der Waals surface area contributed by atoms with Crippen LogP contribution >= 0.6 is 0 Å². The van der Waals surface area contributed by atoms with Gasteiger partial charge in [0.15, 0.2) is 12.0 Å². The highest BCUT2D eigenvalue weighted by Gasteiger charge is 2.26. The van der Waals surface area contributed by atoms with Crippen LogP contribution in [0.4, 0.5) is 5.69 Å². The Bertz CT molecular complexity index is 594. The van der Waals surface area contributed by atoms with Crippen molar-refractivity contribution in [1.29, 1.82) is 0 Å². The van der Waals surface area contributed by atoms with Gasteiger partial charge < -0.3 is 4.42 Å². The van der Waals surface area contributed by atoms with Gasteiger partial charge in [0.05, 0.1) is 10.5 Å². The summed E-state index contributed by atoms with van der Waals surface area (Å²) in [6.45, 7) is 7.66.